The lowest BCUT2D eigenvalue weighted by molar-refractivity contribution is -0.140. The van der Waals surface area contributed by atoms with E-state index in [1.807, 2.05) is 22.9 Å². The van der Waals surface area contributed by atoms with Gasteiger partial charge in [0.25, 0.3) is 0 Å². The number of sulfonamides is 1. The number of hydrogen-bond donors (Lipinski definition) is 1. The third-order valence-corrected chi connectivity index (χ3v) is 7.77. The van der Waals surface area contributed by atoms with Crippen LogP contribution in [0.4, 0.5) is 5.82 Å². The number of nitrogens with one attached hydrogen (secondary N) is 1. The predicted molar refractivity (Wildman–Crippen MR) is 128 cm³/mol. The molecule has 1 saturated heterocycles. The van der Waals surface area contributed by atoms with Crippen LogP contribution in [-0.2, 0) is 19.6 Å². The average molecular weight is 512 g/mol. The Morgan fingerprint density at radius 2 is 2.15 bits per heavy atom. The molecule has 0 unspecified atom stereocenters. The number of benzene rings is 1. The number of pyridine rings is 1. The van der Waals surface area contributed by atoms with Crippen LogP contribution in [0.3, 0.4) is 0 Å². The van der Waals surface area contributed by atoms with Gasteiger partial charge in [-0.25, -0.2) is 23.1 Å². The number of halogens is 2. The summed E-state index contributed by atoms with van der Waals surface area (Å²) in [6.45, 7) is 0.918. The van der Waals surface area contributed by atoms with Crippen LogP contribution in [0.25, 0.3) is 16.6 Å². The van der Waals surface area contributed by atoms with Crippen molar-refractivity contribution in [2.75, 3.05) is 30.9 Å². The van der Waals surface area contributed by atoms with Crippen molar-refractivity contribution < 1.29 is 17.9 Å². The molecule has 4 rings (SSSR count). The highest BCUT2D eigenvalue weighted by atomic mass is 35.5. The van der Waals surface area contributed by atoms with Gasteiger partial charge in [0.15, 0.2) is 0 Å². The highest BCUT2D eigenvalue weighted by molar-refractivity contribution is 7.89. The fourth-order valence-corrected chi connectivity index (χ4v) is 5.32. The molecule has 0 spiro atoms. The topological polar surface area (TPSA) is 106 Å². The van der Waals surface area contributed by atoms with E-state index in [2.05, 4.69) is 19.3 Å². The standard InChI is InChI=1S/C21H23Cl2N5O4S/c1-32-19(29)6-10-33(30,31)25-12-14-3-2-8-28(14)18-11-17(27-9-7-24-13-27)15-4-5-16(22)20(23)21(15)26-18/h4-5,7,9,11,13-14,25H,2-3,6,8,10,12H2,1H3/t14-/m0/s1. The molecule has 1 atom stereocenters. The summed E-state index contributed by atoms with van der Waals surface area (Å²) in [4.78, 5) is 22.3. The van der Waals surface area contributed by atoms with Gasteiger partial charge in [-0.2, -0.15) is 0 Å². The van der Waals surface area contributed by atoms with Crippen molar-refractivity contribution in [3.05, 3.63) is 47.0 Å². The molecule has 3 heterocycles. The Hall–Kier alpha value is -2.40. The number of imidazole rings is 1. The molecule has 0 radical (unpaired) electrons. The number of hydrogen-bond acceptors (Lipinski definition) is 7. The SMILES string of the molecule is COC(=O)CCS(=O)(=O)NC[C@@H]1CCCN1c1cc(-n2ccnc2)c2ccc(Cl)c(Cl)c2n1. The van der Waals surface area contributed by atoms with Crippen LogP contribution in [0.15, 0.2) is 36.9 Å². The van der Waals surface area contributed by atoms with Gasteiger partial charge in [-0.3, -0.25) is 4.79 Å². The Labute approximate surface area is 201 Å². The molecule has 12 heteroatoms. The van der Waals surface area contributed by atoms with Gasteiger partial charge in [0, 0.05) is 43.0 Å². The maximum absolute atomic E-state index is 12.3. The maximum atomic E-state index is 12.3. The van der Waals surface area contributed by atoms with E-state index in [1.165, 1.54) is 7.11 Å². The fraction of sp³-hybridized carbons (Fsp3) is 0.381. The number of esters is 1. The summed E-state index contributed by atoms with van der Waals surface area (Å²) < 4.78 is 33.6. The molecule has 1 fully saturated rings. The minimum absolute atomic E-state index is 0.101. The minimum Gasteiger partial charge on any atom is -0.469 e. The summed E-state index contributed by atoms with van der Waals surface area (Å²) in [7, 11) is -2.39. The van der Waals surface area contributed by atoms with Crippen LogP contribution in [-0.4, -0.2) is 60.9 Å². The van der Waals surface area contributed by atoms with Crippen LogP contribution >= 0.6 is 23.2 Å². The molecule has 9 nitrogen and oxygen atoms in total. The Bertz CT molecular complexity index is 1270. The molecule has 0 bridgehead atoms. The smallest absolute Gasteiger partial charge is 0.306 e. The van der Waals surface area contributed by atoms with E-state index in [9.17, 15) is 13.2 Å². The second-order valence-electron chi connectivity index (χ2n) is 7.71. The summed E-state index contributed by atoms with van der Waals surface area (Å²) in [5, 5.41) is 1.59. The monoisotopic (exact) mass is 511 g/mol. The third kappa shape index (κ3) is 5.24. The highest BCUT2D eigenvalue weighted by Crippen LogP contribution is 2.36. The van der Waals surface area contributed by atoms with Crippen molar-refractivity contribution in [3.8, 4) is 5.69 Å². The molecule has 0 aliphatic carbocycles. The largest absolute Gasteiger partial charge is 0.469 e. The molecule has 1 aromatic carbocycles. The first kappa shape index (κ1) is 23.7. The van der Waals surface area contributed by atoms with Gasteiger partial charge >= 0.3 is 5.97 Å². The van der Waals surface area contributed by atoms with Crippen LogP contribution in [0.2, 0.25) is 10.0 Å². The van der Waals surface area contributed by atoms with Gasteiger partial charge in [-0.05, 0) is 25.0 Å². The van der Waals surface area contributed by atoms with E-state index in [0.717, 1.165) is 23.9 Å². The molecular formula is C21H23Cl2N5O4S. The van der Waals surface area contributed by atoms with Crippen molar-refractivity contribution in [2.45, 2.75) is 25.3 Å². The number of ether oxygens (including phenoxy) is 1. The summed E-state index contributed by atoms with van der Waals surface area (Å²) in [5.41, 5.74) is 1.41. The average Bonchev–Trinajstić information content (AvgIpc) is 3.50. The number of nitrogens with zero attached hydrogens (tertiary/aromatic N) is 4. The quantitative estimate of drug-likeness (QED) is 0.462. The van der Waals surface area contributed by atoms with E-state index in [-0.39, 0.29) is 24.8 Å². The van der Waals surface area contributed by atoms with Gasteiger partial charge < -0.3 is 14.2 Å². The van der Waals surface area contributed by atoms with E-state index in [1.54, 1.807) is 18.6 Å². The first-order valence-electron chi connectivity index (χ1n) is 10.4. The van der Waals surface area contributed by atoms with E-state index >= 15 is 0 Å². The van der Waals surface area contributed by atoms with Gasteiger partial charge in [0.05, 0.1) is 46.9 Å². The summed E-state index contributed by atoms with van der Waals surface area (Å²) >= 11 is 12.8. The van der Waals surface area contributed by atoms with Crippen LogP contribution in [0, 0.1) is 0 Å². The predicted octanol–water partition coefficient (Wildman–Crippen LogP) is 3.18. The van der Waals surface area contributed by atoms with E-state index < -0.39 is 16.0 Å². The molecule has 3 aromatic rings. The minimum atomic E-state index is -3.62. The first-order valence-corrected chi connectivity index (χ1v) is 12.8. The van der Waals surface area contributed by atoms with Crippen molar-refractivity contribution in [3.63, 3.8) is 0 Å². The summed E-state index contributed by atoms with van der Waals surface area (Å²) in [6.07, 6.45) is 6.70. The van der Waals surface area contributed by atoms with Crippen LogP contribution in [0.1, 0.15) is 19.3 Å². The van der Waals surface area contributed by atoms with Crippen molar-refractivity contribution in [2.24, 2.45) is 0 Å². The number of methoxy groups -OCH3 is 1. The maximum Gasteiger partial charge on any atom is 0.306 e. The number of carbonyl (C=O) groups excluding carboxylic acids is 1. The Kier molecular flexibility index (Phi) is 7.08. The van der Waals surface area contributed by atoms with Crippen LogP contribution in [0.5, 0.6) is 0 Å². The lowest BCUT2D eigenvalue weighted by atomic mass is 10.1. The van der Waals surface area contributed by atoms with E-state index in [0.29, 0.717) is 27.9 Å². The molecule has 176 valence electrons. The van der Waals surface area contributed by atoms with Crippen molar-refractivity contribution in [1.82, 2.24) is 19.3 Å². The first-order chi connectivity index (χ1) is 15.8. The molecule has 33 heavy (non-hydrogen) atoms. The zero-order valence-corrected chi connectivity index (χ0v) is 20.2. The molecule has 0 amide bonds. The van der Waals surface area contributed by atoms with Crippen molar-refractivity contribution >= 4 is 55.9 Å². The number of fused-ring (bicyclic) bond motifs is 1. The fourth-order valence-electron chi connectivity index (χ4n) is 3.93. The Morgan fingerprint density at radius 3 is 2.88 bits per heavy atom. The van der Waals surface area contributed by atoms with Gasteiger partial charge in [-0.15, -0.1) is 0 Å². The van der Waals surface area contributed by atoms with Gasteiger partial charge in [0.2, 0.25) is 10.0 Å². The molecule has 0 saturated carbocycles. The zero-order chi connectivity index (χ0) is 23.6. The van der Waals surface area contributed by atoms with Crippen molar-refractivity contribution in [1.29, 1.82) is 0 Å². The summed E-state index contributed by atoms with van der Waals surface area (Å²) in [6, 6.07) is 5.44. The summed E-state index contributed by atoms with van der Waals surface area (Å²) in [5.74, 6) is -0.211. The number of aromatic nitrogens is 3. The second kappa shape index (κ2) is 9.84. The lowest BCUT2D eigenvalue weighted by Crippen LogP contribution is -2.41. The Balaban J connectivity index is 1.62. The third-order valence-electron chi connectivity index (χ3n) is 5.63. The molecule has 2 aromatic heterocycles. The second-order valence-corrected chi connectivity index (χ2v) is 10.4. The van der Waals surface area contributed by atoms with Gasteiger partial charge in [-0.1, -0.05) is 23.2 Å². The highest BCUT2D eigenvalue weighted by Gasteiger charge is 2.28. The molecule has 1 N–H and O–H groups in total. The lowest BCUT2D eigenvalue weighted by Gasteiger charge is -2.27. The van der Waals surface area contributed by atoms with Gasteiger partial charge in [0.1, 0.15) is 5.82 Å². The molecule has 1 aliphatic heterocycles. The number of anilines is 1. The number of rotatable bonds is 8. The zero-order valence-electron chi connectivity index (χ0n) is 17.9. The molecule has 1 aliphatic rings. The number of carbonyl (C=O) groups is 1. The molecular weight excluding hydrogens is 489 g/mol. The Morgan fingerprint density at radius 1 is 1.33 bits per heavy atom. The van der Waals surface area contributed by atoms with E-state index in [4.69, 9.17) is 28.2 Å². The normalized spacial score (nSPS) is 16.5. The van der Waals surface area contributed by atoms with Crippen LogP contribution < -0.4 is 9.62 Å².